The third-order valence-corrected chi connectivity index (χ3v) is 3.14. The molecule has 174 valence electrons. The van der Waals surface area contributed by atoms with Gasteiger partial charge in [0.05, 0.1) is 0 Å². The molecule has 1 aromatic rings. The third kappa shape index (κ3) is 9.91. The normalized spacial score (nSPS) is 13.0. The van der Waals surface area contributed by atoms with Crippen molar-refractivity contribution >= 4 is 5.97 Å². The molecule has 0 aromatic heterocycles. The quantitative estimate of drug-likeness (QED) is 0.357. The van der Waals surface area contributed by atoms with Gasteiger partial charge in [0.15, 0.2) is 25.1 Å². The first kappa shape index (κ1) is 27.6. The van der Waals surface area contributed by atoms with Gasteiger partial charge in [0.25, 0.3) is 0 Å². The molecule has 0 aliphatic carbocycles. The highest BCUT2D eigenvalue weighted by molar-refractivity contribution is 5.70. The van der Waals surface area contributed by atoms with Crippen LogP contribution in [0.15, 0.2) is 12.1 Å². The van der Waals surface area contributed by atoms with Gasteiger partial charge in [-0.1, -0.05) is 0 Å². The summed E-state index contributed by atoms with van der Waals surface area (Å²) in [5.74, 6) is -2.22. The molecule has 13 heteroatoms. The SMILES string of the molecule is COCOc1cc(C(O)C(C)[NH3+])cc(OCOC)c1OCCF.O=C([O-])C(F)(F)F. The van der Waals surface area contributed by atoms with Crippen molar-refractivity contribution in [1.82, 2.24) is 0 Å². The molecule has 2 atom stereocenters. The largest absolute Gasteiger partial charge is 0.542 e. The number of carbonyl (C=O) groups is 1. The Hall–Kier alpha value is -2.35. The number of halogens is 4. The Morgan fingerprint density at radius 3 is 1.87 bits per heavy atom. The summed E-state index contributed by atoms with van der Waals surface area (Å²) in [5.41, 5.74) is 4.35. The lowest BCUT2D eigenvalue weighted by molar-refractivity contribution is -0.433. The maximum Gasteiger partial charge on any atom is 0.430 e. The van der Waals surface area contributed by atoms with Crippen molar-refractivity contribution < 1.29 is 62.0 Å². The second kappa shape index (κ2) is 13.8. The van der Waals surface area contributed by atoms with Crippen molar-refractivity contribution in [2.45, 2.75) is 25.2 Å². The number of aliphatic carboxylic acids is 1. The maximum atomic E-state index is 12.5. The molecule has 4 N–H and O–H groups in total. The molecule has 0 amide bonds. The van der Waals surface area contributed by atoms with Gasteiger partial charge in [-0.05, 0) is 24.6 Å². The molecule has 0 radical (unpaired) electrons. The number of methoxy groups -OCH3 is 2. The minimum Gasteiger partial charge on any atom is -0.542 e. The third-order valence-electron chi connectivity index (χ3n) is 3.14. The lowest BCUT2D eigenvalue weighted by Gasteiger charge is -2.20. The standard InChI is InChI=1S/C15H24FNO6.C2HF3O2/c1-10(17)14(18)11-6-12(22-8-19-2)15(21-5-4-16)13(7-11)23-9-20-3;3-2(4,5)1(6)7/h6-7,10,14,18H,4-5,8-9,17H2,1-3H3;(H,6,7). The molecule has 2 unspecified atom stereocenters. The van der Waals surface area contributed by atoms with Gasteiger partial charge in [-0.3, -0.25) is 0 Å². The fourth-order valence-corrected chi connectivity index (χ4v) is 1.84. The highest BCUT2D eigenvalue weighted by Crippen LogP contribution is 2.40. The van der Waals surface area contributed by atoms with Gasteiger partial charge in [-0.25, -0.2) is 4.39 Å². The summed E-state index contributed by atoms with van der Waals surface area (Å²) in [7, 11) is 2.95. The molecule has 1 rings (SSSR count). The van der Waals surface area contributed by atoms with E-state index >= 15 is 0 Å². The summed E-state index contributed by atoms with van der Waals surface area (Å²) >= 11 is 0. The van der Waals surface area contributed by atoms with E-state index in [0.717, 1.165) is 0 Å². The summed E-state index contributed by atoms with van der Waals surface area (Å²) in [5, 5.41) is 19.0. The van der Waals surface area contributed by atoms with Crippen LogP contribution in [0.4, 0.5) is 17.6 Å². The van der Waals surface area contributed by atoms with E-state index in [9.17, 15) is 22.7 Å². The first-order valence-corrected chi connectivity index (χ1v) is 8.39. The Balaban J connectivity index is 0.00000103. The van der Waals surface area contributed by atoms with Crippen LogP contribution in [0.1, 0.15) is 18.6 Å². The van der Waals surface area contributed by atoms with E-state index in [0.29, 0.717) is 5.56 Å². The van der Waals surface area contributed by atoms with Crippen molar-refractivity contribution in [3.8, 4) is 17.2 Å². The molecular weight excluding hydrogens is 422 g/mol. The molecule has 0 spiro atoms. The fourth-order valence-electron chi connectivity index (χ4n) is 1.84. The zero-order chi connectivity index (χ0) is 23.3. The molecule has 9 nitrogen and oxygen atoms in total. The molecule has 0 aliphatic heterocycles. The Morgan fingerprint density at radius 1 is 1.13 bits per heavy atom. The van der Waals surface area contributed by atoms with Gasteiger partial charge < -0.3 is 44.4 Å². The topological polar surface area (TPSA) is 134 Å². The number of hydrogen-bond donors (Lipinski definition) is 2. The zero-order valence-electron chi connectivity index (χ0n) is 16.7. The van der Waals surface area contributed by atoms with Crippen molar-refractivity contribution in [3.63, 3.8) is 0 Å². The molecule has 0 heterocycles. The first-order chi connectivity index (χ1) is 14.0. The highest BCUT2D eigenvalue weighted by atomic mass is 19.4. The van der Waals surface area contributed by atoms with Crippen LogP contribution >= 0.6 is 0 Å². The minimum atomic E-state index is -5.19. The number of alkyl halides is 4. The van der Waals surface area contributed by atoms with E-state index in [1.807, 2.05) is 0 Å². The van der Waals surface area contributed by atoms with Crippen molar-refractivity contribution in [1.29, 1.82) is 0 Å². The summed E-state index contributed by atoms with van der Waals surface area (Å²) in [6.45, 7) is 0.905. The average molecular weight is 447 g/mol. The number of hydrogen-bond acceptors (Lipinski definition) is 8. The van der Waals surface area contributed by atoms with E-state index < -0.39 is 24.9 Å². The van der Waals surface area contributed by atoms with Crippen LogP contribution in [0.5, 0.6) is 17.2 Å². The Bertz CT molecular complexity index is 614. The second-order valence-electron chi connectivity index (χ2n) is 5.69. The molecular formula is C17H25F4NO8. The number of rotatable bonds is 11. The number of quaternary nitrogens is 1. The van der Waals surface area contributed by atoms with Gasteiger partial charge in [0, 0.05) is 14.2 Å². The van der Waals surface area contributed by atoms with Crippen molar-refractivity contribution in [2.24, 2.45) is 0 Å². The second-order valence-corrected chi connectivity index (χ2v) is 5.69. The smallest absolute Gasteiger partial charge is 0.430 e. The average Bonchev–Trinajstić information content (AvgIpc) is 2.68. The Labute approximate surface area is 170 Å². The summed E-state index contributed by atoms with van der Waals surface area (Å²) in [6.07, 6.45) is -6.01. The Kier molecular flexibility index (Phi) is 12.7. The van der Waals surface area contributed by atoms with Crippen LogP contribution in [-0.2, 0) is 14.3 Å². The van der Waals surface area contributed by atoms with Gasteiger partial charge in [-0.2, -0.15) is 13.2 Å². The van der Waals surface area contributed by atoms with E-state index in [-0.39, 0.29) is 43.5 Å². The van der Waals surface area contributed by atoms with Crippen LogP contribution in [0.3, 0.4) is 0 Å². The van der Waals surface area contributed by atoms with Crippen molar-refractivity contribution in [3.05, 3.63) is 17.7 Å². The van der Waals surface area contributed by atoms with Gasteiger partial charge in [0.2, 0.25) is 5.75 Å². The van der Waals surface area contributed by atoms with Crippen molar-refractivity contribution in [2.75, 3.05) is 41.1 Å². The summed E-state index contributed by atoms with van der Waals surface area (Å²) in [6, 6.07) is 2.94. The number of carboxylic acids is 1. The van der Waals surface area contributed by atoms with E-state index in [4.69, 9.17) is 33.6 Å². The highest BCUT2D eigenvalue weighted by Gasteiger charge is 2.28. The lowest BCUT2D eigenvalue weighted by Crippen LogP contribution is -2.61. The number of aliphatic hydroxyl groups excluding tert-OH is 1. The van der Waals surface area contributed by atoms with Crippen LogP contribution in [0.2, 0.25) is 0 Å². The molecule has 1 aromatic carbocycles. The van der Waals surface area contributed by atoms with Gasteiger partial charge >= 0.3 is 6.18 Å². The predicted octanol–water partition coefficient (Wildman–Crippen LogP) is -0.0373. The molecule has 0 fully saturated rings. The predicted molar refractivity (Wildman–Crippen MR) is 91.3 cm³/mol. The monoisotopic (exact) mass is 447 g/mol. The number of aliphatic hydroxyl groups is 1. The van der Waals surface area contributed by atoms with E-state index in [1.165, 1.54) is 14.2 Å². The Morgan fingerprint density at radius 2 is 1.57 bits per heavy atom. The summed E-state index contributed by atoms with van der Waals surface area (Å²) in [4.78, 5) is 8.78. The van der Waals surface area contributed by atoms with E-state index in [2.05, 4.69) is 5.73 Å². The number of ether oxygens (including phenoxy) is 5. The van der Waals surface area contributed by atoms with Gasteiger partial charge in [-0.15, -0.1) is 0 Å². The molecule has 0 saturated heterocycles. The number of carbonyl (C=O) groups excluding carboxylic acids is 1. The molecule has 0 bridgehead atoms. The molecule has 30 heavy (non-hydrogen) atoms. The van der Waals surface area contributed by atoms with Crippen LogP contribution in [0.25, 0.3) is 0 Å². The van der Waals surface area contributed by atoms with Crippen LogP contribution in [0, 0.1) is 0 Å². The van der Waals surface area contributed by atoms with Crippen LogP contribution in [-0.4, -0.2) is 64.4 Å². The number of carboxylic acid groups (broad SMARTS) is 1. The maximum absolute atomic E-state index is 12.5. The summed E-state index contributed by atoms with van der Waals surface area (Å²) < 4.78 is 70.0. The van der Waals surface area contributed by atoms with E-state index in [1.54, 1.807) is 19.1 Å². The zero-order valence-corrected chi connectivity index (χ0v) is 16.7. The first-order valence-electron chi connectivity index (χ1n) is 8.39. The molecule has 0 saturated carbocycles. The van der Waals surface area contributed by atoms with Gasteiger partial charge in [0.1, 0.15) is 31.4 Å². The molecule has 0 aliphatic rings. The fraction of sp³-hybridized carbons (Fsp3) is 0.588. The lowest BCUT2D eigenvalue weighted by atomic mass is 10.0. The minimum absolute atomic E-state index is 0.0326. The number of benzene rings is 1. The van der Waals surface area contributed by atoms with Crippen LogP contribution < -0.4 is 25.1 Å².